The lowest BCUT2D eigenvalue weighted by molar-refractivity contribution is -0.384. The molecule has 30 heavy (non-hydrogen) atoms. The number of hydrogen-bond donors (Lipinski definition) is 0. The van der Waals surface area contributed by atoms with Gasteiger partial charge >= 0.3 is 0 Å². The molecule has 9 heteroatoms. The first-order chi connectivity index (χ1) is 14.4. The Hall–Kier alpha value is -2.61. The van der Waals surface area contributed by atoms with Crippen molar-refractivity contribution in [3.8, 4) is 11.3 Å². The zero-order valence-electron chi connectivity index (χ0n) is 15.8. The first-order valence-corrected chi connectivity index (χ1v) is 10.4. The van der Waals surface area contributed by atoms with Crippen LogP contribution in [0, 0.1) is 10.1 Å². The predicted molar refractivity (Wildman–Crippen MR) is 123 cm³/mol. The number of non-ortho nitro benzene ring substituents is 1. The van der Waals surface area contributed by atoms with Gasteiger partial charge in [0.2, 0.25) is 0 Å². The van der Waals surface area contributed by atoms with Crippen molar-refractivity contribution in [1.29, 1.82) is 0 Å². The molecular formula is C21H17Cl2N3O3S. The molecule has 0 aliphatic carbocycles. The summed E-state index contributed by atoms with van der Waals surface area (Å²) in [5.41, 5.74) is 1.89. The van der Waals surface area contributed by atoms with Crippen molar-refractivity contribution in [2.45, 2.75) is 0 Å². The molecule has 2 heterocycles. The number of thiocarbonyl (C=S) groups is 1. The Bertz CT molecular complexity index is 1090. The molecule has 6 nitrogen and oxygen atoms in total. The van der Waals surface area contributed by atoms with E-state index in [0.717, 1.165) is 37.4 Å². The molecule has 1 fully saturated rings. The molecule has 0 unspecified atom stereocenters. The summed E-state index contributed by atoms with van der Waals surface area (Å²) >= 11 is 17.7. The second-order valence-electron chi connectivity index (χ2n) is 6.85. The van der Waals surface area contributed by atoms with Crippen molar-refractivity contribution in [2.24, 2.45) is 0 Å². The molecular weight excluding hydrogens is 445 g/mol. The van der Waals surface area contributed by atoms with Crippen molar-refractivity contribution < 1.29 is 9.34 Å². The van der Waals surface area contributed by atoms with Gasteiger partial charge in [0.1, 0.15) is 10.7 Å². The van der Waals surface area contributed by atoms with Crippen LogP contribution in [-0.2, 0) is 0 Å². The molecule has 4 rings (SSSR count). The molecule has 1 aromatic heterocycles. The highest BCUT2D eigenvalue weighted by molar-refractivity contribution is 7.80. The summed E-state index contributed by atoms with van der Waals surface area (Å²) in [6, 6.07) is 15.7. The third kappa shape index (κ3) is 4.28. The molecule has 154 valence electrons. The summed E-state index contributed by atoms with van der Waals surface area (Å²) in [4.78, 5) is 15.4. The minimum Gasteiger partial charge on any atom is -0.454 e. The van der Waals surface area contributed by atoms with Crippen LogP contribution in [0.25, 0.3) is 11.3 Å². The van der Waals surface area contributed by atoms with Crippen LogP contribution in [0.3, 0.4) is 0 Å². The van der Waals surface area contributed by atoms with Gasteiger partial charge in [0.05, 0.1) is 15.0 Å². The number of nitrogens with zero attached hydrogens (tertiary/aromatic N) is 3. The lowest BCUT2D eigenvalue weighted by atomic mass is 10.2. The molecule has 0 radical (unpaired) electrons. The monoisotopic (exact) mass is 461 g/mol. The summed E-state index contributed by atoms with van der Waals surface area (Å²) in [6.45, 7) is 2.99. The van der Waals surface area contributed by atoms with Crippen LogP contribution in [0.5, 0.6) is 0 Å². The Morgan fingerprint density at radius 3 is 2.30 bits per heavy atom. The third-order valence-corrected chi connectivity index (χ3v) is 6.21. The summed E-state index contributed by atoms with van der Waals surface area (Å²) in [5, 5.41) is 11.8. The number of anilines is 1. The summed E-state index contributed by atoms with van der Waals surface area (Å²) in [7, 11) is 0. The molecule has 1 saturated heterocycles. The highest BCUT2D eigenvalue weighted by Gasteiger charge is 2.22. The fourth-order valence-electron chi connectivity index (χ4n) is 3.37. The number of hydrogen-bond acceptors (Lipinski definition) is 5. The van der Waals surface area contributed by atoms with E-state index in [4.69, 9.17) is 39.8 Å². The van der Waals surface area contributed by atoms with Crippen LogP contribution in [0.4, 0.5) is 11.4 Å². The molecule has 1 aliphatic heterocycles. The van der Waals surface area contributed by atoms with Gasteiger partial charge in [-0.3, -0.25) is 10.1 Å². The maximum atomic E-state index is 10.8. The number of nitro groups is 1. The van der Waals surface area contributed by atoms with Crippen molar-refractivity contribution in [3.63, 3.8) is 0 Å². The zero-order valence-corrected chi connectivity index (χ0v) is 18.1. The topological polar surface area (TPSA) is 62.8 Å². The van der Waals surface area contributed by atoms with E-state index in [1.54, 1.807) is 24.3 Å². The summed E-state index contributed by atoms with van der Waals surface area (Å²) < 4.78 is 5.96. The Balaban J connectivity index is 1.40. The van der Waals surface area contributed by atoms with E-state index >= 15 is 0 Å². The van der Waals surface area contributed by atoms with Crippen LogP contribution in [0.1, 0.15) is 5.76 Å². The first-order valence-electron chi connectivity index (χ1n) is 9.26. The standard InChI is InChI=1S/C21H17Cl2N3O3S/c22-17-6-1-14(13-18(17)23)19-7-8-20(29-19)21(30)25-11-9-24(10-12-25)15-2-4-16(5-3-15)26(27)28/h1-8,13H,9-12H2. The fourth-order valence-corrected chi connectivity index (χ4v) is 3.96. The molecule has 0 saturated carbocycles. The normalized spacial score (nSPS) is 14.1. The highest BCUT2D eigenvalue weighted by Crippen LogP contribution is 2.30. The maximum Gasteiger partial charge on any atom is 0.269 e. The number of benzene rings is 2. The Kier molecular flexibility index (Phi) is 5.94. The minimum absolute atomic E-state index is 0.0918. The van der Waals surface area contributed by atoms with Crippen molar-refractivity contribution in [2.75, 3.05) is 31.1 Å². The van der Waals surface area contributed by atoms with E-state index in [-0.39, 0.29) is 5.69 Å². The lowest BCUT2D eigenvalue weighted by Crippen LogP contribution is -2.48. The SMILES string of the molecule is O=[N+]([O-])c1ccc(N2CCN(C(=S)c3ccc(-c4ccc(Cl)c(Cl)c4)o3)CC2)cc1. The lowest BCUT2D eigenvalue weighted by Gasteiger charge is -2.36. The second kappa shape index (κ2) is 8.63. The molecule has 2 aromatic carbocycles. The van der Waals surface area contributed by atoms with Gasteiger partial charge in [-0.1, -0.05) is 35.4 Å². The number of piperazine rings is 1. The van der Waals surface area contributed by atoms with Crippen LogP contribution < -0.4 is 4.90 Å². The van der Waals surface area contributed by atoms with Gasteiger partial charge in [-0.05, 0) is 42.5 Å². The maximum absolute atomic E-state index is 10.8. The van der Waals surface area contributed by atoms with Crippen molar-refractivity contribution in [3.05, 3.63) is 80.5 Å². The molecule has 3 aromatic rings. The molecule has 0 N–H and O–H groups in total. The minimum atomic E-state index is -0.393. The Labute approximate surface area is 188 Å². The average Bonchev–Trinajstić information content (AvgIpc) is 3.25. The van der Waals surface area contributed by atoms with E-state index in [0.29, 0.717) is 26.6 Å². The van der Waals surface area contributed by atoms with E-state index < -0.39 is 4.92 Å². The molecule has 0 spiro atoms. The number of rotatable bonds is 4. The average molecular weight is 462 g/mol. The summed E-state index contributed by atoms with van der Waals surface area (Å²) in [6.07, 6.45) is 0. The van der Waals surface area contributed by atoms with Crippen molar-refractivity contribution in [1.82, 2.24) is 4.90 Å². The zero-order chi connectivity index (χ0) is 21.3. The number of furan rings is 1. The third-order valence-electron chi connectivity index (χ3n) is 5.01. The van der Waals surface area contributed by atoms with Gasteiger partial charge < -0.3 is 14.2 Å². The van der Waals surface area contributed by atoms with Crippen LogP contribution in [0.2, 0.25) is 10.0 Å². The Morgan fingerprint density at radius 2 is 1.67 bits per heavy atom. The van der Waals surface area contributed by atoms with Crippen LogP contribution >= 0.6 is 35.4 Å². The van der Waals surface area contributed by atoms with E-state index in [1.807, 2.05) is 18.2 Å². The van der Waals surface area contributed by atoms with E-state index in [9.17, 15) is 10.1 Å². The molecule has 1 aliphatic rings. The largest absolute Gasteiger partial charge is 0.454 e. The van der Waals surface area contributed by atoms with Crippen LogP contribution in [0.15, 0.2) is 59.0 Å². The fraction of sp³-hybridized carbons (Fsp3) is 0.190. The smallest absolute Gasteiger partial charge is 0.269 e. The van der Waals surface area contributed by atoms with Gasteiger partial charge in [-0.15, -0.1) is 0 Å². The molecule has 0 bridgehead atoms. The van der Waals surface area contributed by atoms with Crippen molar-refractivity contribution >= 4 is 51.8 Å². The van der Waals surface area contributed by atoms with E-state index in [2.05, 4.69) is 9.80 Å². The predicted octanol–water partition coefficient (Wildman–Crippen LogP) is 5.66. The van der Waals surface area contributed by atoms with Gasteiger partial charge in [0, 0.05) is 49.6 Å². The Morgan fingerprint density at radius 1 is 0.967 bits per heavy atom. The van der Waals surface area contributed by atoms with Crippen LogP contribution in [-0.4, -0.2) is 41.0 Å². The van der Waals surface area contributed by atoms with Gasteiger partial charge in [0.15, 0.2) is 5.76 Å². The first kappa shape index (κ1) is 20.7. The second-order valence-corrected chi connectivity index (χ2v) is 8.05. The number of nitro benzene ring substituents is 1. The molecule has 0 amide bonds. The number of halogens is 2. The quantitative estimate of drug-likeness (QED) is 0.283. The molecule has 0 atom stereocenters. The highest BCUT2D eigenvalue weighted by atomic mass is 35.5. The van der Waals surface area contributed by atoms with Gasteiger partial charge in [-0.2, -0.15) is 0 Å². The summed E-state index contributed by atoms with van der Waals surface area (Å²) in [5.74, 6) is 1.31. The van der Waals surface area contributed by atoms with Gasteiger partial charge in [-0.25, -0.2) is 0 Å². The van der Waals surface area contributed by atoms with Gasteiger partial charge in [0.25, 0.3) is 5.69 Å². The van der Waals surface area contributed by atoms with E-state index in [1.165, 1.54) is 12.1 Å².